The number of hydrogen-bond donors (Lipinski definition) is 1. The number of carbonyl (C=O) groups is 2. The van der Waals surface area contributed by atoms with Crippen LogP contribution in [0.1, 0.15) is 292 Å². The number of methoxy groups -OCH3 is 1. The lowest BCUT2D eigenvalue weighted by Crippen LogP contribution is -2.33. The Morgan fingerprint density at radius 3 is 1.24 bits per heavy atom. The molecule has 0 heterocycles. The van der Waals surface area contributed by atoms with Gasteiger partial charge in [-0.05, 0) is 65.7 Å². The zero-order valence-electron chi connectivity index (χ0n) is 42.9. The van der Waals surface area contributed by atoms with E-state index in [-0.39, 0.29) is 42.0 Å². The van der Waals surface area contributed by atoms with Gasteiger partial charge in [0.1, 0.15) is 6.10 Å². The molecule has 0 rings (SSSR count). The molecule has 62 heavy (non-hydrogen) atoms. The fourth-order valence-corrected chi connectivity index (χ4v) is 8.37. The average molecular weight is 880 g/mol. The van der Waals surface area contributed by atoms with Gasteiger partial charge in [-0.2, -0.15) is 0 Å². The van der Waals surface area contributed by atoms with Gasteiger partial charge in [-0.1, -0.05) is 213 Å². The summed E-state index contributed by atoms with van der Waals surface area (Å²) in [6.07, 6.45) is 48.2. The lowest BCUT2D eigenvalue weighted by molar-refractivity contribution is -0.151. The molecule has 1 unspecified atom stereocenters. The number of hydrogen-bond acceptors (Lipinski definition) is 6. The lowest BCUT2D eigenvalue weighted by Gasteiger charge is -2.30. The van der Waals surface area contributed by atoms with E-state index in [4.69, 9.17) is 18.9 Å². The third-order valence-electron chi connectivity index (χ3n) is 13.4. The fraction of sp³-hybridized carbons (Fsp3) is 0.964. The van der Waals surface area contributed by atoms with E-state index in [9.17, 15) is 9.59 Å². The predicted octanol–water partition coefficient (Wildman–Crippen LogP) is 16.5. The number of esters is 1. The van der Waals surface area contributed by atoms with Crippen molar-refractivity contribution < 1.29 is 28.5 Å². The van der Waals surface area contributed by atoms with Crippen molar-refractivity contribution in [2.75, 3.05) is 33.5 Å². The lowest BCUT2D eigenvalue weighted by atomic mass is 9.99. The molecule has 0 spiro atoms. The second kappa shape index (κ2) is 45.0. The summed E-state index contributed by atoms with van der Waals surface area (Å²) in [5.74, 6) is -0.361. The Bertz CT molecular complexity index is 916. The van der Waals surface area contributed by atoms with E-state index in [1.165, 1.54) is 193 Å². The van der Waals surface area contributed by atoms with Gasteiger partial charge >= 0.3 is 5.97 Å². The standard InChI is InChI=1S/C55H109NO6/c1-8-11-13-15-17-19-21-23-25-27-29-31-33-35-37-39-41-51(42-40-38-36-34-32-30-28-26-24-22-20-18-16-14-12-9-2)62-53(58)44-43-52(57)56-47-50-60-48-45-54(4,5)61-49-46-55(6,10-3)59-7/h51H,8-50H2,1-7H3,(H,56,57). The van der Waals surface area contributed by atoms with Gasteiger partial charge in [-0.25, -0.2) is 0 Å². The van der Waals surface area contributed by atoms with Crippen molar-refractivity contribution in [3.05, 3.63) is 0 Å². The minimum Gasteiger partial charge on any atom is -0.462 e. The largest absolute Gasteiger partial charge is 0.462 e. The molecule has 0 aliphatic heterocycles. The zero-order chi connectivity index (χ0) is 45.7. The van der Waals surface area contributed by atoms with Crippen LogP contribution in [0, 0.1) is 0 Å². The third-order valence-corrected chi connectivity index (χ3v) is 13.4. The van der Waals surface area contributed by atoms with Gasteiger partial charge in [-0.3, -0.25) is 9.59 Å². The number of nitrogens with one attached hydrogen (secondary N) is 1. The van der Waals surface area contributed by atoms with Crippen molar-refractivity contribution in [1.29, 1.82) is 0 Å². The molecule has 370 valence electrons. The minimum absolute atomic E-state index is 0.0263. The van der Waals surface area contributed by atoms with Crippen LogP contribution in [-0.4, -0.2) is 62.7 Å². The summed E-state index contributed by atoms with van der Waals surface area (Å²) < 4.78 is 23.6. The third kappa shape index (κ3) is 42.8. The molecule has 0 aliphatic rings. The average Bonchev–Trinajstić information content (AvgIpc) is 3.26. The highest BCUT2D eigenvalue weighted by Gasteiger charge is 2.24. The van der Waals surface area contributed by atoms with Crippen molar-refractivity contribution in [3.63, 3.8) is 0 Å². The Morgan fingerprint density at radius 1 is 0.484 bits per heavy atom. The molecule has 1 N–H and O–H groups in total. The summed E-state index contributed by atoms with van der Waals surface area (Å²) in [6, 6.07) is 0. The van der Waals surface area contributed by atoms with Gasteiger partial charge in [0.05, 0.1) is 30.8 Å². The number of ether oxygens (including phenoxy) is 4. The van der Waals surface area contributed by atoms with Crippen LogP contribution in [0.2, 0.25) is 0 Å². The predicted molar refractivity (Wildman–Crippen MR) is 266 cm³/mol. The fourth-order valence-electron chi connectivity index (χ4n) is 8.37. The molecule has 0 saturated carbocycles. The second-order valence-corrected chi connectivity index (χ2v) is 19.9. The molecule has 0 aromatic carbocycles. The number of carbonyl (C=O) groups excluding carboxylic acids is 2. The SMILES string of the molecule is CCCCCCCCCCCCCCCCCCC(CCCCCCCCCCCCCCCCCC)OC(=O)CCC(=O)NCCOCCC(C)(C)OCCC(C)(CC)OC. The van der Waals surface area contributed by atoms with Gasteiger partial charge in [-0.15, -0.1) is 0 Å². The van der Waals surface area contributed by atoms with Gasteiger partial charge in [0.2, 0.25) is 5.91 Å². The van der Waals surface area contributed by atoms with E-state index >= 15 is 0 Å². The Balaban J connectivity index is 4.34. The molecule has 1 amide bonds. The van der Waals surface area contributed by atoms with Crippen LogP contribution in [0.4, 0.5) is 0 Å². The summed E-state index contributed by atoms with van der Waals surface area (Å²) in [6.45, 7) is 15.1. The first kappa shape index (κ1) is 60.8. The topological polar surface area (TPSA) is 83.1 Å². The highest BCUT2D eigenvalue weighted by molar-refractivity contribution is 5.81. The molecule has 7 heteroatoms. The molecular formula is C55H109NO6. The molecule has 7 nitrogen and oxygen atoms in total. The van der Waals surface area contributed by atoms with Crippen LogP contribution in [0.25, 0.3) is 0 Å². The van der Waals surface area contributed by atoms with E-state index < -0.39 is 0 Å². The van der Waals surface area contributed by atoms with Crippen molar-refractivity contribution in [3.8, 4) is 0 Å². The van der Waals surface area contributed by atoms with Gasteiger partial charge in [0.25, 0.3) is 0 Å². The summed E-state index contributed by atoms with van der Waals surface area (Å²) in [5, 5.41) is 2.91. The zero-order valence-corrected chi connectivity index (χ0v) is 42.9. The minimum atomic E-state index is -0.290. The highest BCUT2D eigenvalue weighted by Crippen LogP contribution is 2.23. The van der Waals surface area contributed by atoms with Crippen LogP contribution in [0.3, 0.4) is 0 Å². The Hall–Kier alpha value is -1.18. The van der Waals surface area contributed by atoms with E-state index in [1.54, 1.807) is 7.11 Å². The maximum absolute atomic E-state index is 12.9. The molecule has 0 fully saturated rings. The number of unbranched alkanes of at least 4 members (excludes halogenated alkanes) is 30. The van der Waals surface area contributed by atoms with Crippen molar-refractivity contribution in [2.24, 2.45) is 0 Å². The molecular weight excluding hydrogens is 771 g/mol. The molecule has 0 radical (unpaired) electrons. The molecule has 0 aliphatic carbocycles. The first-order chi connectivity index (χ1) is 30.1. The van der Waals surface area contributed by atoms with Crippen LogP contribution >= 0.6 is 0 Å². The number of amides is 1. The maximum atomic E-state index is 12.9. The van der Waals surface area contributed by atoms with Gasteiger partial charge in [0.15, 0.2) is 0 Å². The van der Waals surface area contributed by atoms with E-state index in [1.807, 2.05) is 0 Å². The van der Waals surface area contributed by atoms with Crippen molar-refractivity contribution in [2.45, 2.75) is 309 Å². The summed E-state index contributed by atoms with van der Waals surface area (Å²) in [4.78, 5) is 25.5. The summed E-state index contributed by atoms with van der Waals surface area (Å²) in [5.41, 5.74) is -0.443. The Labute approximate surface area is 387 Å². The first-order valence-electron chi connectivity index (χ1n) is 27.3. The Kier molecular flexibility index (Phi) is 44.1. The molecule has 0 saturated heterocycles. The maximum Gasteiger partial charge on any atom is 0.306 e. The van der Waals surface area contributed by atoms with E-state index in [0.29, 0.717) is 26.4 Å². The summed E-state index contributed by atoms with van der Waals surface area (Å²) >= 11 is 0. The van der Waals surface area contributed by atoms with Crippen LogP contribution in [-0.2, 0) is 28.5 Å². The first-order valence-corrected chi connectivity index (χ1v) is 27.3. The van der Waals surface area contributed by atoms with Crippen molar-refractivity contribution >= 4 is 11.9 Å². The van der Waals surface area contributed by atoms with Crippen LogP contribution in [0.5, 0.6) is 0 Å². The van der Waals surface area contributed by atoms with Crippen LogP contribution < -0.4 is 5.32 Å². The molecule has 0 bridgehead atoms. The monoisotopic (exact) mass is 880 g/mol. The van der Waals surface area contributed by atoms with E-state index in [2.05, 4.69) is 46.9 Å². The summed E-state index contributed by atoms with van der Waals surface area (Å²) in [7, 11) is 1.76. The number of rotatable bonds is 50. The molecule has 0 aromatic heterocycles. The highest BCUT2D eigenvalue weighted by atomic mass is 16.5. The van der Waals surface area contributed by atoms with Crippen LogP contribution in [0.15, 0.2) is 0 Å². The smallest absolute Gasteiger partial charge is 0.306 e. The quantitative estimate of drug-likeness (QED) is 0.0484. The Morgan fingerprint density at radius 2 is 0.871 bits per heavy atom. The second-order valence-electron chi connectivity index (χ2n) is 19.9. The molecule has 0 aromatic rings. The molecule has 1 atom stereocenters. The van der Waals surface area contributed by atoms with Gasteiger partial charge < -0.3 is 24.3 Å². The van der Waals surface area contributed by atoms with E-state index in [0.717, 1.165) is 44.9 Å². The van der Waals surface area contributed by atoms with Gasteiger partial charge in [0, 0.05) is 26.7 Å². The van der Waals surface area contributed by atoms with Crippen molar-refractivity contribution in [1.82, 2.24) is 5.32 Å². The normalized spacial score (nSPS) is 12.9.